The van der Waals surface area contributed by atoms with Crippen molar-refractivity contribution in [2.24, 2.45) is 0 Å². The average molecular weight is 472 g/mol. The summed E-state index contributed by atoms with van der Waals surface area (Å²) >= 11 is 6.33. The van der Waals surface area contributed by atoms with Crippen molar-refractivity contribution in [3.05, 3.63) is 57.2 Å². The van der Waals surface area contributed by atoms with Crippen LogP contribution in [0.2, 0.25) is 5.02 Å². The summed E-state index contributed by atoms with van der Waals surface area (Å²) in [5, 5.41) is 5.24. The molecule has 5 rings (SSSR count). The maximum atomic E-state index is 14.1. The lowest BCUT2D eigenvalue weighted by Crippen LogP contribution is -2.28. The van der Waals surface area contributed by atoms with Crippen LogP contribution in [-0.4, -0.2) is 56.5 Å². The van der Waals surface area contributed by atoms with E-state index in [1.807, 2.05) is 13.8 Å². The maximum Gasteiger partial charge on any atom is 0.258 e. The van der Waals surface area contributed by atoms with Gasteiger partial charge in [-0.25, -0.2) is 13.9 Å². The smallest absolute Gasteiger partial charge is 0.258 e. The first kappa shape index (κ1) is 22.1. The highest BCUT2D eigenvalue weighted by molar-refractivity contribution is 6.31. The average Bonchev–Trinajstić information content (AvgIpc) is 3.47. The SMILES string of the molecule is Cc1nc2c3c(nn2c(C)c1Cl)CN(C(=O)c1ccc(F)cc1O[C@H]1CC[C@H](N(C)C)C1)C3. The molecule has 174 valence electrons. The Balaban J connectivity index is 1.39. The fraction of sp³-hybridized carbons (Fsp3) is 0.458. The third-order valence-electron chi connectivity index (χ3n) is 6.80. The first-order valence-corrected chi connectivity index (χ1v) is 11.6. The van der Waals surface area contributed by atoms with Crippen molar-refractivity contribution in [3.8, 4) is 5.75 Å². The van der Waals surface area contributed by atoms with Gasteiger partial charge in [-0.05, 0) is 59.3 Å². The minimum atomic E-state index is -0.418. The van der Waals surface area contributed by atoms with Crippen LogP contribution in [0.1, 0.15) is 52.3 Å². The number of carbonyl (C=O) groups is 1. The molecule has 1 aliphatic carbocycles. The molecule has 1 amide bonds. The molecule has 1 fully saturated rings. The summed E-state index contributed by atoms with van der Waals surface area (Å²) in [5.74, 6) is -0.316. The summed E-state index contributed by atoms with van der Waals surface area (Å²) in [6, 6.07) is 4.57. The molecule has 0 N–H and O–H groups in total. The normalized spacial score (nSPS) is 20.2. The van der Waals surface area contributed by atoms with Crippen molar-refractivity contribution < 1.29 is 13.9 Å². The largest absolute Gasteiger partial charge is 0.489 e. The molecule has 9 heteroatoms. The van der Waals surface area contributed by atoms with Crippen LogP contribution in [-0.2, 0) is 13.1 Å². The summed E-state index contributed by atoms with van der Waals surface area (Å²) in [5.41, 5.74) is 4.37. The van der Waals surface area contributed by atoms with Gasteiger partial charge in [0.1, 0.15) is 17.7 Å². The second-order valence-electron chi connectivity index (χ2n) is 9.23. The highest BCUT2D eigenvalue weighted by Crippen LogP contribution is 2.33. The van der Waals surface area contributed by atoms with Gasteiger partial charge >= 0.3 is 0 Å². The fourth-order valence-electron chi connectivity index (χ4n) is 4.87. The Labute approximate surface area is 197 Å². The van der Waals surface area contributed by atoms with Crippen LogP contribution in [0.5, 0.6) is 5.75 Å². The highest BCUT2D eigenvalue weighted by atomic mass is 35.5. The molecule has 0 spiro atoms. The van der Waals surface area contributed by atoms with Crippen LogP contribution >= 0.6 is 11.6 Å². The Morgan fingerprint density at radius 2 is 2.03 bits per heavy atom. The van der Waals surface area contributed by atoms with E-state index in [1.165, 1.54) is 18.2 Å². The topological polar surface area (TPSA) is 63.0 Å². The Morgan fingerprint density at radius 1 is 1.24 bits per heavy atom. The van der Waals surface area contributed by atoms with Gasteiger partial charge < -0.3 is 14.5 Å². The third kappa shape index (κ3) is 3.85. The van der Waals surface area contributed by atoms with Gasteiger partial charge in [-0.15, -0.1) is 0 Å². The number of aryl methyl sites for hydroxylation is 2. The van der Waals surface area contributed by atoms with Crippen LogP contribution in [0.4, 0.5) is 4.39 Å². The molecule has 3 heterocycles. The van der Waals surface area contributed by atoms with Crippen molar-refractivity contribution in [1.82, 2.24) is 24.4 Å². The molecule has 0 unspecified atom stereocenters. The van der Waals surface area contributed by atoms with E-state index < -0.39 is 5.82 Å². The lowest BCUT2D eigenvalue weighted by molar-refractivity contribution is 0.0741. The molecule has 0 saturated heterocycles. The molecule has 2 aromatic heterocycles. The van der Waals surface area contributed by atoms with Gasteiger partial charge in [0.25, 0.3) is 5.91 Å². The summed E-state index contributed by atoms with van der Waals surface area (Å²) < 4.78 is 22.0. The molecule has 1 saturated carbocycles. The highest BCUT2D eigenvalue weighted by Gasteiger charge is 2.33. The van der Waals surface area contributed by atoms with E-state index in [4.69, 9.17) is 16.3 Å². The maximum absolute atomic E-state index is 14.1. The van der Waals surface area contributed by atoms with Crippen molar-refractivity contribution in [3.63, 3.8) is 0 Å². The molecule has 2 atom stereocenters. The van der Waals surface area contributed by atoms with Gasteiger partial charge in [0.15, 0.2) is 5.65 Å². The summed E-state index contributed by atoms with van der Waals surface area (Å²) in [6.45, 7) is 4.50. The summed E-state index contributed by atoms with van der Waals surface area (Å²) in [6.07, 6.45) is 2.72. The van der Waals surface area contributed by atoms with E-state index in [0.29, 0.717) is 35.5 Å². The van der Waals surface area contributed by atoms with E-state index in [1.54, 1.807) is 9.42 Å². The fourth-order valence-corrected chi connectivity index (χ4v) is 4.99. The molecule has 1 aliphatic heterocycles. The van der Waals surface area contributed by atoms with Crippen LogP contribution < -0.4 is 4.74 Å². The molecular weight excluding hydrogens is 445 g/mol. The number of nitrogens with zero attached hydrogens (tertiary/aromatic N) is 5. The van der Waals surface area contributed by atoms with E-state index in [-0.39, 0.29) is 12.0 Å². The van der Waals surface area contributed by atoms with Gasteiger partial charge in [0.05, 0.1) is 40.8 Å². The first-order chi connectivity index (χ1) is 15.7. The second kappa shape index (κ2) is 8.25. The number of benzene rings is 1. The van der Waals surface area contributed by atoms with Gasteiger partial charge in [-0.2, -0.15) is 5.10 Å². The lowest BCUT2D eigenvalue weighted by Gasteiger charge is -2.22. The Kier molecular flexibility index (Phi) is 5.53. The summed E-state index contributed by atoms with van der Waals surface area (Å²) in [7, 11) is 4.11. The zero-order valence-corrected chi connectivity index (χ0v) is 20.0. The van der Waals surface area contributed by atoms with Gasteiger partial charge in [-0.1, -0.05) is 11.6 Å². The van der Waals surface area contributed by atoms with Gasteiger partial charge in [0.2, 0.25) is 0 Å². The zero-order chi connectivity index (χ0) is 23.4. The molecule has 1 aromatic carbocycles. The van der Waals surface area contributed by atoms with E-state index in [2.05, 4.69) is 29.1 Å². The number of fused-ring (bicyclic) bond motifs is 3. The van der Waals surface area contributed by atoms with Crippen LogP contribution in [0, 0.1) is 19.7 Å². The zero-order valence-electron chi connectivity index (χ0n) is 19.2. The monoisotopic (exact) mass is 471 g/mol. The van der Waals surface area contributed by atoms with Gasteiger partial charge in [-0.3, -0.25) is 4.79 Å². The molecule has 0 bridgehead atoms. The van der Waals surface area contributed by atoms with Crippen molar-refractivity contribution in [1.29, 1.82) is 0 Å². The molecule has 0 radical (unpaired) electrons. The van der Waals surface area contributed by atoms with Crippen LogP contribution in [0.15, 0.2) is 18.2 Å². The number of amides is 1. The number of hydrogen-bond donors (Lipinski definition) is 0. The lowest BCUT2D eigenvalue weighted by atomic mass is 10.1. The predicted octanol–water partition coefficient (Wildman–Crippen LogP) is 4.16. The number of rotatable bonds is 4. The standard InChI is InChI=1S/C24H27ClFN5O2/c1-13-22(25)14(2)31-23(27-13)19-11-30(12-20(19)28-31)24(32)18-8-5-15(26)9-21(18)33-17-7-6-16(10-17)29(3)4/h5,8-9,16-17H,6-7,10-12H2,1-4H3/t16-,17-/m0/s1. The Morgan fingerprint density at radius 3 is 2.76 bits per heavy atom. The van der Waals surface area contributed by atoms with E-state index >= 15 is 0 Å². The molecule has 7 nitrogen and oxygen atoms in total. The number of carbonyl (C=O) groups excluding carboxylic acids is 1. The number of hydrogen-bond acceptors (Lipinski definition) is 5. The first-order valence-electron chi connectivity index (χ1n) is 11.2. The van der Waals surface area contributed by atoms with Crippen molar-refractivity contribution in [2.45, 2.75) is 58.3 Å². The Bertz CT molecular complexity index is 1260. The summed E-state index contributed by atoms with van der Waals surface area (Å²) in [4.78, 5) is 21.9. The minimum Gasteiger partial charge on any atom is -0.489 e. The van der Waals surface area contributed by atoms with E-state index in [9.17, 15) is 9.18 Å². The number of halogens is 2. The quantitative estimate of drug-likeness (QED) is 0.572. The van der Waals surface area contributed by atoms with Gasteiger partial charge in [0, 0.05) is 17.7 Å². The number of aromatic nitrogens is 3. The minimum absolute atomic E-state index is 0.0364. The van der Waals surface area contributed by atoms with Crippen LogP contribution in [0.3, 0.4) is 0 Å². The van der Waals surface area contributed by atoms with Crippen LogP contribution in [0.25, 0.3) is 5.65 Å². The Hall–Kier alpha value is -2.71. The molecule has 33 heavy (non-hydrogen) atoms. The molecular formula is C24H27ClFN5O2. The predicted molar refractivity (Wildman–Crippen MR) is 123 cm³/mol. The van der Waals surface area contributed by atoms with Crippen molar-refractivity contribution in [2.75, 3.05) is 14.1 Å². The van der Waals surface area contributed by atoms with Crippen molar-refractivity contribution >= 4 is 23.2 Å². The van der Waals surface area contributed by atoms with E-state index in [0.717, 1.165) is 47.6 Å². The number of ether oxygens (including phenoxy) is 1. The third-order valence-corrected chi connectivity index (χ3v) is 7.34. The molecule has 2 aliphatic rings. The second-order valence-corrected chi connectivity index (χ2v) is 9.61. The molecule has 3 aromatic rings.